The topological polar surface area (TPSA) is 112 Å². The van der Waals surface area contributed by atoms with Crippen LogP contribution in [0.4, 0.5) is 11.4 Å². The van der Waals surface area contributed by atoms with Gasteiger partial charge >= 0.3 is 0 Å². The Morgan fingerprint density at radius 3 is 2.54 bits per heavy atom. The van der Waals surface area contributed by atoms with Crippen molar-refractivity contribution >= 4 is 42.4 Å². The van der Waals surface area contributed by atoms with Gasteiger partial charge in [-0.3, -0.25) is 14.4 Å². The second-order valence-electron chi connectivity index (χ2n) is 14.0. The van der Waals surface area contributed by atoms with Crippen LogP contribution in [0.25, 0.3) is 0 Å². The lowest BCUT2D eigenvalue weighted by molar-refractivity contribution is -0.149. The number of amides is 3. The second kappa shape index (κ2) is 14.5. The number of ether oxygens (including phenoxy) is 2. The smallest absolute Gasteiger partial charge is 0.264 e. The molecule has 0 aliphatic carbocycles. The third-order valence-electron chi connectivity index (χ3n) is 10.8. The Balaban J connectivity index is 1.45. The van der Waals surface area contributed by atoms with Crippen LogP contribution in [0, 0.1) is 5.92 Å². The molecule has 0 bridgehead atoms. The zero-order valence-corrected chi connectivity index (χ0v) is 30.4. The Bertz CT molecular complexity index is 1730. The van der Waals surface area contributed by atoms with E-state index in [9.17, 15) is 19.5 Å². The second-order valence-corrected chi connectivity index (χ2v) is 18.7. The van der Waals surface area contributed by atoms with Crippen LogP contribution in [0.15, 0.2) is 85.5 Å². The van der Waals surface area contributed by atoms with E-state index < -0.39 is 19.8 Å². The van der Waals surface area contributed by atoms with Gasteiger partial charge in [-0.15, -0.1) is 6.58 Å². The molecule has 3 aliphatic rings. The number of nitrogens with zero attached hydrogens (tertiary/aromatic N) is 3. The van der Waals surface area contributed by atoms with Crippen molar-refractivity contribution in [2.24, 2.45) is 5.92 Å². The number of piperazine rings is 1. The predicted octanol–water partition coefficient (Wildman–Crippen LogP) is 3.79. The fourth-order valence-corrected chi connectivity index (χ4v) is 12.4. The molecular weight excluding hydrogens is 649 g/mol. The molecule has 2 saturated heterocycles. The molecule has 3 aromatic carbocycles. The number of aliphatic hydroxyl groups excluding tert-OH is 1. The van der Waals surface area contributed by atoms with Crippen molar-refractivity contribution in [1.82, 2.24) is 10.2 Å². The van der Waals surface area contributed by atoms with Crippen LogP contribution in [-0.4, -0.2) is 88.3 Å². The molecule has 6 rings (SSSR count). The van der Waals surface area contributed by atoms with E-state index in [2.05, 4.69) is 44.0 Å². The van der Waals surface area contributed by atoms with E-state index in [0.29, 0.717) is 26.2 Å². The van der Waals surface area contributed by atoms with E-state index in [1.165, 1.54) is 5.19 Å². The maximum Gasteiger partial charge on any atom is 0.264 e. The molecule has 0 unspecified atom stereocenters. The van der Waals surface area contributed by atoms with Crippen molar-refractivity contribution in [3.8, 4) is 5.75 Å². The Labute approximate surface area is 295 Å². The molecule has 3 aliphatic heterocycles. The summed E-state index contributed by atoms with van der Waals surface area (Å²) in [5, 5.41) is 14.3. The van der Waals surface area contributed by atoms with Crippen LogP contribution in [0.5, 0.6) is 5.75 Å². The van der Waals surface area contributed by atoms with Crippen molar-refractivity contribution in [2.75, 3.05) is 56.2 Å². The lowest BCUT2D eigenvalue weighted by atomic mass is 9.82. The minimum absolute atomic E-state index is 0.0327. The maximum absolute atomic E-state index is 14.9. The minimum atomic E-state index is -2.51. The number of carbonyl (C=O) groups excluding carboxylic acids is 3. The molecule has 264 valence electrons. The summed E-state index contributed by atoms with van der Waals surface area (Å²) in [5.41, 5.74) is 1.60. The highest BCUT2D eigenvalue weighted by Gasteiger charge is 2.66. The van der Waals surface area contributed by atoms with Crippen LogP contribution in [0.3, 0.4) is 0 Å². The van der Waals surface area contributed by atoms with Crippen molar-refractivity contribution in [3.63, 3.8) is 0 Å². The number of fused-ring (bicyclic) bond motifs is 2. The van der Waals surface area contributed by atoms with E-state index in [1.54, 1.807) is 27.9 Å². The molecule has 0 aromatic heterocycles. The van der Waals surface area contributed by atoms with E-state index in [1.807, 2.05) is 60.7 Å². The maximum atomic E-state index is 14.9. The number of hydrogen-bond donors (Lipinski definition) is 2. The predicted molar refractivity (Wildman–Crippen MR) is 197 cm³/mol. The molecule has 0 saturated carbocycles. The van der Waals surface area contributed by atoms with Gasteiger partial charge in [-0.05, 0) is 41.4 Å². The summed E-state index contributed by atoms with van der Waals surface area (Å²) in [6.07, 6.45) is 1.16. The van der Waals surface area contributed by atoms with Crippen LogP contribution in [0.2, 0.25) is 18.6 Å². The van der Waals surface area contributed by atoms with Gasteiger partial charge in [-0.25, -0.2) is 0 Å². The van der Waals surface area contributed by atoms with E-state index in [-0.39, 0.29) is 55.3 Å². The number of carbonyl (C=O) groups is 3. The van der Waals surface area contributed by atoms with Crippen molar-refractivity contribution < 1.29 is 29.0 Å². The summed E-state index contributed by atoms with van der Waals surface area (Å²) in [4.78, 5) is 47.3. The summed E-state index contributed by atoms with van der Waals surface area (Å²) in [6.45, 7) is 12.7. The third kappa shape index (κ3) is 6.28. The molecule has 10 nitrogen and oxygen atoms in total. The van der Waals surface area contributed by atoms with Crippen LogP contribution < -0.4 is 25.0 Å². The third-order valence-corrected chi connectivity index (χ3v) is 15.2. The minimum Gasteiger partial charge on any atom is -0.497 e. The normalized spacial score (nSPS) is 23.3. The number of hydrogen-bond acceptors (Lipinski definition) is 7. The van der Waals surface area contributed by atoms with Gasteiger partial charge < -0.3 is 34.6 Å². The Hall–Kier alpha value is -4.29. The lowest BCUT2D eigenvalue weighted by Crippen LogP contribution is -2.52. The number of aliphatic hydroxyl groups is 1. The summed E-state index contributed by atoms with van der Waals surface area (Å²) in [7, 11) is -0.866. The highest BCUT2D eigenvalue weighted by molar-refractivity contribution is 6.91. The first-order chi connectivity index (χ1) is 24.1. The molecule has 2 fully saturated rings. The molecule has 4 atom stereocenters. The zero-order valence-electron chi connectivity index (χ0n) is 29.4. The van der Waals surface area contributed by atoms with Gasteiger partial charge in [0.05, 0.1) is 46.5 Å². The summed E-state index contributed by atoms with van der Waals surface area (Å²) < 4.78 is 12.6. The summed E-state index contributed by atoms with van der Waals surface area (Å²) in [6, 6.07) is 23.6. The van der Waals surface area contributed by atoms with Gasteiger partial charge in [0.1, 0.15) is 5.75 Å². The average molecular weight is 697 g/mol. The monoisotopic (exact) mass is 696 g/mol. The van der Waals surface area contributed by atoms with Crippen molar-refractivity contribution in [2.45, 2.75) is 50.2 Å². The SMILES string of the molecule is C=CCN1C(=O)[C@@]2(O[C@@H](CC(=O)N(CCO)Cc3ccccc3)[C@H]([Si](C)(C)c3ccc(OC)cc3)[C@H]2C)c2cc(N3CCNCC3=O)ccc21. The van der Waals surface area contributed by atoms with Crippen LogP contribution >= 0.6 is 0 Å². The van der Waals surface area contributed by atoms with Gasteiger partial charge in [0.25, 0.3) is 5.91 Å². The first-order valence-electron chi connectivity index (χ1n) is 17.4. The standard InChI is InChI=1S/C39H48N4O6Si/c1-6-19-43-33-17-12-29(42-20-18-40-25-36(42)46)23-32(33)39(38(43)47)27(2)37(50(4,5)31-15-13-30(48-3)14-16-31)34(49-39)24-35(45)41(21-22-44)26-28-10-8-7-9-11-28/h6-17,23,27,34,37,40,44H,1,18-22,24-26H2,2-5H3/t27-,34+,37-,39+/m1/s1. The van der Waals surface area contributed by atoms with Crippen molar-refractivity contribution in [1.29, 1.82) is 0 Å². The van der Waals surface area contributed by atoms with E-state index in [4.69, 9.17) is 9.47 Å². The van der Waals surface area contributed by atoms with Gasteiger partial charge in [0, 0.05) is 49.9 Å². The number of methoxy groups -OCH3 is 1. The number of benzene rings is 3. The van der Waals surface area contributed by atoms with Gasteiger partial charge in [-0.1, -0.05) is 73.7 Å². The number of nitrogens with one attached hydrogen (secondary N) is 1. The highest BCUT2D eigenvalue weighted by atomic mass is 28.3. The first kappa shape index (κ1) is 35.5. The summed E-state index contributed by atoms with van der Waals surface area (Å²) in [5.74, 6) is 0.0809. The van der Waals surface area contributed by atoms with Gasteiger partial charge in [-0.2, -0.15) is 0 Å². The Morgan fingerprint density at radius 2 is 1.88 bits per heavy atom. The molecule has 1 spiro atoms. The fraction of sp³-hybridized carbons (Fsp3) is 0.410. The molecule has 50 heavy (non-hydrogen) atoms. The molecular formula is C39H48N4O6Si. The Morgan fingerprint density at radius 1 is 1.14 bits per heavy atom. The highest BCUT2D eigenvalue weighted by Crippen LogP contribution is 2.60. The van der Waals surface area contributed by atoms with E-state index in [0.717, 1.165) is 28.3 Å². The largest absolute Gasteiger partial charge is 0.497 e. The van der Waals surface area contributed by atoms with Crippen LogP contribution in [0.1, 0.15) is 24.5 Å². The van der Waals surface area contributed by atoms with Crippen molar-refractivity contribution in [3.05, 3.63) is 96.6 Å². The first-order valence-corrected chi connectivity index (χ1v) is 20.5. The Kier molecular flexibility index (Phi) is 10.3. The summed E-state index contributed by atoms with van der Waals surface area (Å²) >= 11 is 0. The van der Waals surface area contributed by atoms with Gasteiger partial charge in [0.15, 0.2) is 5.60 Å². The molecule has 2 N–H and O–H groups in total. The number of rotatable bonds is 12. The number of anilines is 2. The lowest BCUT2D eigenvalue weighted by Gasteiger charge is -2.37. The molecule has 3 amide bonds. The molecule has 3 heterocycles. The molecule has 0 radical (unpaired) electrons. The van der Waals surface area contributed by atoms with Gasteiger partial charge in [0.2, 0.25) is 11.8 Å². The van der Waals surface area contributed by atoms with Crippen LogP contribution in [-0.2, 0) is 31.3 Å². The van der Waals surface area contributed by atoms with E-state index >= 15 is 0 Å². The quantitative estimate of drug-likeness (QED) is 0.219. The fourth-order valence-electron chi connectivity index (χ4n) is 8.38. The average Bonchev–Trinajstić information content (AvgIpc) is 3.54. The molecule has 3 aromatic rings. The molecule has 11 heteroatoms. The zero-order chi connectivity index (χ0) is 35.6.